The monoisotopic (exact) mass is 219 g/mol. The topological polar surface area (TPSA) is 78.0 Å². The number of fused-ring (bicyclic) bond motifs is 1. The number of nitrogens with zero attached hydrogens (tertiary/aromatic N) is 1. The average Bonchev–Trinajstić information content (AvgIpc) is 2.76. The van der Waals surface area contributed by atoms with Crippen LogP contribution in [-0.2, 0) is 0 Å². The average molecular weight is 219 g/mol. The number of hydrogen-bond acceptors (Lipinski definition) is 3. The molecule has 2 rings (SSSR count). The van der Waals surface area contributed by atoms with Gasteiger partial charge in [0.1, 0.15) is 5.69 Å². The molecular weight excluding hydrogens is 206 g/mol. The van der Waals surface area contributed by atoms with Crippen LogP contribution in [0.5, 0.6) is 0 Å². The first-order chi connectivity index (χ1) is 7.81. The van der Waals surface area contributed by atoms with Gasteiger partial charge in [0.2, 0.25) is 0 Å². The molecule has 0 spiro atoms. The summed E-state index contributed by atoms with van der Waals surface area (Å²) >= 11 is 0. The Bertz CT molecular complexity index is 493. The number of hydrogen-bond donors (Lipinski definition) is 3. The molecule has 84 valence electrons. The quantitative estimate of drug-likeness (QED) is 0.661. The number of amides is 1. The molecule has 0 unspecified atom stereocenters. The smallest absolute Gasteiger partial charge is 0.269 e. The maximum Gasteiger partial charge on any atom is 0.269 e. The van der Waals surface area contributed by atoms with Gasteiger partial charge in [0.25, 0.3) is 5.91 Å². The molecule has 0 aliphatic rings. The van der Waals surface area contributed by atoms with Gasteiger partial charge in [-0.3, -0.25) is 4.79 Å². The Morgan fingerprint density at radius 2 is 2.44 bits per heavy atom. The van der Waals surface area contributed by atoms with Gasteiger partial charge >= 0.3 is 0 Å². The summed E-state index contributed by atoms with van der Waals surface area (Å²) in [6, 6.07) is 3.63. The van der Waals surface area contributed by atoms with E-state index in [9.17, 15) is 4.79 Å². The lowest BCUT2D eigenvalue weighted by atomic mass is 10.2. The van der Waals surface area contributed by atoms with Gasteiger partial charge in [-0.05, 0) is 18.6 Å². The molecule has 0 aromatic carbocycles. The SMILES string of the molecule is O=C(NCCCO)c1cc2cc[nH]c2cn1. The van der Waals surface area contributed by atoms with Crippen molar-refractivity contribution < 1.29 is 9.90 Å². The number of aliphatic hydroxyl groups excluding tert-OH is 1. The number of aromatic amines is 1. The highest BCUT2D eigenvalue weighted by Crippen LogP contribution is 2.11. The maximum absolute atomic E-state index is 11.6. The minimum Gasteiger partial charge on any atom is -0.396 e. The standard InChI is InChI=1S/C11H13N3O2/c15-5-1-3-13-11(16)9-6-8-2-4-12-10(8)7-14-9/h2,4,6-7,12,15H,1,3,5H2,(H,13,16). The van der Waals surface area contributed by atoms with Crippen molar-refractivity contribution in [1.82, 2.24) is 15.3 Å². The van der Waals surface area contributed by atoms with E-state index in [-0.39, 0.29) is 12.5 Å². The van der Waals surface area contributed by atoms with E-state index in [0.29, 0.717) is 18.7 Å². The van der Waals surface area contributed by atoms with Crippen molar-refractivity contribution in [2.75, 3.05) is 13.2 Å². The first-order valence-corrected chi connectivity index (χ1v) is 5.13. The van der Waals surface area contributed by atoms with E-state index < -0.39 is 0 Å². The second kappa shape index (κ2) is 4.76. The zero-order chi connectivity index (χ0) is 11.4. The summed E-state index contributed by atoms with van der Waals surface area (Å²) in [5.41, 5.74) is 1.30. The summed E-state index contributed by atoms with van der Waals surface area (Å²) in [5, 5.41) is 12.2. The highest BCUT2D eigenvalue weighted by atomic mass is 16.3. The van der Waals surface area contributed by atoms with Crippen LogP contribution in [0.1, 0.15) is 16.9 Å². The number of carbonyl (C=O) groups excluding carboxylic acids is 1. The van der Waals surface area contributed by atoms with Crippen molar-refractivity contribution in [3.63, 3.8) is 0 Å². The first kappa shape index (κ1) is 10.6. The van der Waals surface area contributed by atoms with Crippen LogP contribution in [0.25, 0.3) is 10.9 Å². The van der Waals surface area contributed by atoms with Crippen molar-refractivity contribution in [2.45, 2.75) is 6.42 Å². The molecule has 5 heteroatoms. The van der Waals surface area contributed by atoms with Crippen molar-refractivity contribution in [2.24, 2.45) is 0 Å². The summed E-state index contributed by atoms with van der Waals surface area (Å²) < 4.78 is 0. The predicted octanol–water partition coefficient (Wildman–Crippen LogP) is 0.675. The van der Waals surface area contributed by atoms with Crippen LogP contribution in [0.4, 0.5) is 0 Å². The first-order valence-electron chi connectivity index (χ1n) is 5.13. The van der Waals surface area contributed by atoms with E-state index in [0.717, 1.165) is 10.9 Å². The summed E-state index contributed by atoms with van der Waals surface area (Å²) in [6.07, 6.45) is 3.99. The molecule has 2 heterocycles. The summed E-state index contributed by atoms with van der Waals surface area (Å²) in [5.74, 6) is -0.212. The summed E-state index contributed by atoms with van der Waals surface area (Å²) in [6.45, 7) is 0.534. The molecule has 0 fully saturated rings. The molecule has 1 amide bonds. The number of aliphatic hydroxyl groups is 1. The van der Waals surface area contributed by atoms with E-state index in [1.807, 2.05) is 6.07 Å². The third kappa shape index (κ3) is 2.20. The van der Waals surface area contributed by atoms with Crippen LogP contribution >= 0.6 is 0 Å². The molecule has 3 N–H and O–H groups in total. The number of nitrogens with one attached hydrogen (secondary N) is 2. The Morgan fingerprint density at radius 1 is 1.56 bits per heavy atom. The molecular formula is C11H13N3O2. The highest BCUT2D eigenvalue weighted by Gasteiger charge is 2.07. The van der Waals surface area contributed by atoms with Crippen LogP contribution in [0, 0.1) is 0 Å². The zero-order valence-electron chi connectivity index (χ0n) is 8.73. The normalized spacial score (nSPS) is 10.6. The molecule has 0 saturated carbocycles. The fraction of sp³-hybridized carbons (Fsp3) is 0.273. The number of carbonyl (C=O) groups is 1. The fourth-order valence-electron chi connectivity index (χ4n) is 1.45. The van der Waals surface area contributed by atoms with Gasteiger partial charge in [0.05, 0.1) is 11.7 Å². The second-order valence-corrected chi connectivity index (χ2v) is 3.47. The van der Waals surface area contributed by atoms with E-state index in [1.54, 1.807) is 18.5 Å². The van der Waals surface area contributed by atoms with Gasteiger partial charge in [0, 0.05) is 24.7 Å². The number of rotatable bonds is 4. The van der Waals surface area contributed by atoms with Crippen LogP contribution < -0.4 is 5.32 Å². The third-order valence-corrected chi connectivity index (χ3v) is 2.29. The van der Waals surface area contributed by atoms with Crippen LogP contribution in [0.3, 0.4) is 0 Å². The molecule has 0 bridgehead atoms. The van der Waals surface area contributed by atoms with Crippen molar-refractivity contribution >= 4 is 16.8 Å². The van der Waals surface area contributed by atoms with Crippen molar-refractivity contribution in [3.8, 4) is 0 Å². The molecule has 0 atom stereocenters. The molecule has 5 nitrogen and oxygen atoms in total. The van der Waals surface area contributed by atoms with Gasteiger partial charge in [0.15, 0.2) is 0 Å². The van der Waals surface area contributed by atoms with Gasteiger partial charge in [-0.1, -0.05) is 0 Å². The third-order valence-electron chi connectivity index (χ3n) is 2.29. The second-order valence-electron chi connectivity index (χ2n) is 3.47. The fourth-order valence-corrected chi connectivity index (χ4v) is 1.45. The lowest BCUT2D eigenvalue weighted by Gasteiger charge is -2.03. The molecule has 16 heavy (non-hydrogen) atoms. The Labute approximate surface area is 92.5 Å². The molecule has 2 aromatic heterocycles. The van der Waals surface area contributed by atoms with Gasteiger partial charge in [-0.2, -0.15) is 0 Å². The number of aromatic nitrogens is 2. The van der Waals surface area contributed by atoms with Crippen LogP contribution in [0.15, 0.2) is 24.5 Å². The Hall–Kier alpha value is -1.88. The highest BCUT2D eigenvalue weighted by molar-refractivity contribution is 5.95. The van der Waals surface area contributed by atoms with Gasteiger partial charge in [-0.25, -0.2) is 4.98 Å². The molecule has 0 aliphatic heterocycles. The Balaban J connectivity index is 2.10. The Morgan fingerprint density at radius 3 is 3.25 bits per heavy atom. The van der Waals surface area contributed by atoms with E-state index >= 15 is 0 Å². The predicted molar refractivity (Wildman–Crippen MR) is 60.1 cm³/mol. The minimum absolute atomic E-state index is 0.0740. The van der Waals surface area contributed by atoms with Crippen LogP contribution in [-0.4, -0.2) is 34.1 Å². The molecule has 0 radical (unpaired) electrons. The van der Waals surface area contributed by atoms with Crippen molar-refractivity contribution in [1.29, 1.82) is 0 Å². The molecule has 0 aliphatic carbocycles. The molecule has 0 saturated heterocycles. The lowest BCUT2D eigenvalue weighted by molar-refractivity contribution is 0.0946. The maximum atomic E-state index is 11.6. The van der Waals surface area contributed by atoms with Crippen LogP contribution in [0.2, 0.25) is 0 Å². The number of pyridine rings is 1. The van der Waals surface area contributed by atoms with E-state index in [2.05, 4.69) is 15.3 Å². The molecule has 2 aromatic rings. The van der Waals surface area contributed by atoms with E-state index in [4.69, 9.17) is 5.11 Å². The summed E-state index contributed by atoms with van der Waals surface area (Å²) in [4.78, 5) is 18.7. The Kier molecular flexibility index (Phi) is 3.16. The zero-order valence-corrected chi connectivity index (χ0v) is 8.73. The summed E-state index contributed by atoms with van der Waals surface area (Å²) in [7, 11) is 0. The van der Waals surface area contributed by atoms with Gasteiger partial charge in [-0.15, -0.1) is 0 Å². The lowest BCUT2D eigenvalue weighted by Crippen LogP contribution is -2.25. The van der Waals surface area contributed by atoms with E-state index in [1.165, 1.54) is 0 Å². The van der Waals surface area contributed by atoms with Gasteiger partial charge < -0.3 is 15.4 Å². The number of H-pyrrole nitrogens is 1. The van der Waals surface area contributed by atoms with Crippen molar-refractivity contribution in [3.05, 3.63) is 30.2 Å². The minimum atomic E-state index is -0.212. The largest absolute Gasteiger partial charge is 0.396 e.